The van der Waals surface area contributed by atoms with Gasteiger partial charge in [0.1, 0.15) is 11.5 Å². The van der Waals surface area contributed by atoms with Gasteiger partial charge in [-0.1, -0.05) is 61.5 Å². The van der Waals surface area contributed by atoms with Crippen LogP contribution in [0.3, 0.4) is 0 Å². The zero-order valence-electron chi connectivity index (χ0n) is 21.4. The fraction of sp³-hybridized carbons (Fsp3) is 0.364. The molecule has 0 aliphatic heterocycles. The van der Waals surface area contributed by atoms with Crippen molar-refractivity contribution in [3.8, 4) is 5.75 Å². The van der Waals surface area contributed by atoms with Gasteiger partial charge in [-0.25, -0.2) is 0 Å². The van der Waals surface area contributed by atoms with Gasteiger partial charge in [-0.15, -0.1) is 0 Å². The molecule has 3 aliphatic carbocycles. The molecule has 0 amide bonds. The van der Waals surface area contributed by atoms with E-state index in [0.717, 1.165) is 66.5 Å². The predicted octanol–water partition coefficient (Wildman–Crippen LogP) is 7.28. The molecule has 0 spiro atoms. The Labute approximate surface area is 219 Å². The van der Waals surface area contributed by atoms with E-state index in [1.807, 2.05) is 48.5 Å². The molecule has 0 heterocycles. The van der Waals surface area contributed by atoms with E-state index in [0.29, 0.717) is 23.5 Å². The standard InChI is InChI=1S/C33H34N2O2/c1-33-17-16-28-25-13-11-24(18-21(25)10-12-29(28)30(33)14-15-31(33)36)37-32(26-8-4-2-6-22(26)19-34)27-9-5-3-7-23(27)20-35/h2-9,11,13,18-20,28-30,32,34-35H,10,12,14-17H2,1H3/t28-,29-,30+,32?,33+/m1/s1. The zero-order chi connectivity index (χ0) is 25.6. The number of fused-ring (bicyclic) bond motifs is 5. The molecule has 37 heavy (non-hydrogen) atoms. The van der Waals surface area contributed by atoms with Crippen molar-refractivity contribution in [1.82, 2.24) is 0 Å². The van der Waals surface area contributed by atoms with Crippen molar-refractivity contribution < 1.29 is 9.53 Å². The number of hydrogen-bond donors (Lipinski definition) is 2. The van der Waals surface area contributed by atoms with Crippen molar-refractivity contribution in [3.05, 3.63) is 100 Å². The molecule has 3 aliphatic rings. The van der Waals surface area contributed by atoms with Crippen LogP contribution in [0, 0.1) is 28.1 Å². The maximum Gasteiger partial charge on any atom is 0.150 e. The monoisotopic (exact) mass is 490 g/mol. The van der Waals surface area contributed by atoms with E-state index in [-0.39, 0.29) is 5.41 Å². The summed E-state index contributed by atoms with van der Waals surface area (Å²) in [7, 11) is 0. The van der Waals surface area contributed by atoms with Gasteiger partial charge in [0.25, 0.3) is 0 Å². The SMILES string of the molecule is C[C@]12CC[C@@H]3c4ccc(OC(c5ccccc5C=N)c5ccccc5C=N)cc4CC[C@H]3[C@@H]1CCC2=O. The molecule has 188 valence electrons. The number of benzene rings is 3. The maximum absolute atomic E-state index is 12.7. The van der Waals surface area contributed by atoms with Crippen LogP contribution in [0.15, 0.2) is 66.7 Å². The Bertz CT molecular complexity index is 1330. The third-order valence-corrected chi connectivity index (χ3v) is 9.53. The zero-order valence-corrected chi connectivity index (χ0v) is 21.4. The Morgan fingerprint density at radius 3 is 2.24 bits per heavy atom. The fourth-order valence-corrected chi connectivity index (χ4v) is 7.60. The minimum Gasteiger partial charge on any atom is -0.481 e. The molecular weight excluding hydrogens is 456 g/mol. The number of ketones is 1. The lowest BCUT2D eigenvalue weighted by Crippen LogP contribution is -2.42. The fourth-order valence-electron chi connectivity index (χ4n) is 7.60. The lowest BCUT2D eigenvalue weighted by Gasteiger charge is -2.48. The molecule has 6 rings (SSSR count). The van der Waals surface area contributed by atoms with Gasteiger partial charge in [0.2, 0.25) is 0 Å². The number of aryl methyl sites for hydroxylation is 1. The van der Waals surface area contributed by atoms with Gasteiger partial charge in [0.05, 0.1) is 0 Å². The number of ether oxygens (including phenoxy) is 1. The highest BCUT2D eigenvalue weighted by molar-refractivity contribution is 5.87. The highest BCUT2D eigenvalue weighted by Crippen LogP contribution is 2.59. The molecule has 4 heteroatoms. The normalized spacial score (nSPS) is 26.9. The number of carbonyl (C=O) groups is 1. The molecule has 0 aromatic heterocycles. The summed E-state index contributed by atoms with van der Waals surface area (Å²) in [5.74, 6) is 2.99. The Kier molecular flexibility index (Phi) is 6.06. The van der Waals surface area contributed by atoms with Crippen LogP contribution in [0.1, 0.15) is 84.4 Å². The summed E-state index contributed by atoms with van der Waals surface area (Å²) in [5.41, 5.74) is 6.17. The molecule has 0 saturated heterocycles. The lowest BCUT2D eigenvalue weighted by molar-refractivity contribution is -0.129. The summed E-state index contributed by atoms with van der Waals surface area (Å²) in [6, 6.07) is 22.3. The van der Waals surface area contributed by atoms with E-state index in [4.69, 9.17) is 15.6 Å². The van der Waals surface area contributed by atoms with Gasteiger partial charge in [-0.05, 0) is 84.2 Å². The molecular formula is C33H34N2O2. The van der Waals surface area contributed by atoms with E-state index in [2.05, 4.69) is 25.1 Å². The van der Waals surface area contributed by atoms with Crippen molar-refractivity contribution in [3.63, 3.8) is 0 Å². The van der Waals surface area contributed by atoms with Crippen molar-refractivity contribution >= 4 is 18.2 Å². The minimum atomic E-state index is -0.426. The first kappa shape index (κ1) is 23.8. The highest BCUT2D eigenvalue weighted by Gasteiger charge is 2.54. The first-order valence-electron chi connectivity index (χ1n) is 13.5. The van der Waals surface area contributed by atoms with Crippen molar-refractivity contribution in [2.75, 3.05) is 0 Å². The van der Waals surface area contributed by atoms with Gasteiger partial charge in [-0.3, -0.25) is 4.79 Å². The molecule has 0 unspecified atom stereocenters. The molecule has 0 radical (unpaired) electrons. The topological polar surface area (TPSA) is 74.0 Å². The molecule has 0 bridgehead atoms. The van der Waals surface area contributed by atoms with Gasteiger partial charge < -0.3 is 15.6 Å². The third kappa shape index (κ3) is 3.94. The first-order chi connectivity index (χ1) is 18.0. The second kappa shape index (κ2) is 9.41. The lowest BCUT2D eigenvalue weighted by atomic mass is 9.55. The second-order valence-corrected chi connectivity index (χ2v) is 11.2. The summed E-state index contributed by atoms with van der Waals surface area (Å²) in [5, 5.41) is 15.9. The van der Waals surface area contributed by atoms with Gasteiger partial charge in [0, 0.05) is 35.4 Å². The van der Waals surface area contributed by atoms with Crippen LogP contribution in [-0.2, 0) is 11.2 Å². The van der Waals surface area contributed by atoms with Crippen LogP contribution in [0.4, 0.5) is 0 Å². The maximum atomic E-state index is 12.7. The average Bonchev–Trinajstić information content (AvgIpc) is 3.25. The molecule has 2 saturated carbocycles. The van der Waals surface area contributed by atoms with Gasteiger partial charge >= 0.3 is 0 Å². The molecule has 3 aromatic rings. The van der Waals surface area contributed by atoms with Crippen LogP contribution in [-0.4, -0.2) is 18.2 Å². The van der Waals surface area contributed by atoms with Crippen molar-refractivity contribution in [1.29, 1.82) is 10.8 Å². The summed E-state index contributed by atoms with van der Waals surface area (Å²) in [6.07, 6.45) is 8.42. The van der Waals surface area contributed by atoms with Crippen molar-refractivity contribution in [2.45, 2.75) is 57.5 Å². The Hall–Kier alpha value is -3.53. The Morgan fingerprint density at radius 2 is 1.57 bits per heavy atom. The second-order valence-electron chi connectivity index (χ2n) is 11.2. The molecule has 2 N–H and O–H groups in total. The molecule has 4 atom stereocenters. The van der Waals surface area contributed by atoms with E-state index in [1.165, 1.54) is 23.6 Å². The van der Waals surface area contributed by atoms with Crippen LogP contribution < -0.4 is 4.74 Å². The number of Topliss-reactive ketones (excluding diaryl/α,β-unsaturated/α-hetero) is 1. The highest BCUT2D eigenvalue weighted by atomic mass is 16.5. The summed E-state index contributed by atoms with van der Waals surface area (Å²) in [6.45, 7) is 2.23. The molecule has 3 aromatic carbocycles. The Morgan fingerprint density at radius 1 is 0.892 bits per heavy atom. The van der Waals surface area contributed by atoms with Crippen LogP contribution >= 0.6 is 0 Å². The minimum absolute atomic E-state index is 0.0978. The van der Waals surface area contributed by atoms with E-state index in [9.17, 15) is 4.79 Å². The first-order valence-corrected chi connectivity index (χ1v) is 13.5. The summed E-state index contributed by atoms with van der Waals surface area (Å²) < 4.78 is 6.72. The number of rotatable bonds is 6. The quantitative estimate of drug-likeness (QED) is 0.356. The largest absolute Gasteiger partial charge is 0.481 e. The number of nitrogens with one attached hydrogen (secondary N) is 2. The van der Waals surface area contributed by atoms with Crippen LogP contribution in [0.5, 0.6) is 5.75 Å². The van der Waals surface area contributed by atoms with Crippen molar-refractivity contribution in [2.24, 2.45) is 17.3 Å². The number of hydrogen-bond acceptors (Lipinski definition) is 4. The smallest absolute Gasteiger partial charge is 0.150 e. The average molecular weight is 491 g/mol. The van der Waals surface area contributed by atoms with Gasteiger partial charge in [0.15, 0.2) is 6.10 Å². The Balaban J connectivity index is 1.34. The molecule has 4 nitrogen and oxygen atoms in total. The predicted molar refractivity (Wildman–Crippen MR) is 147 cm³/mol. The van der Waals surface area contributed by atoms with Crippen LogP contribution in [0.2, 0.25) is 0 Å². The van der Waals surface area contributed by atoms with E-state index < -0.39 is 6.10 Å². The summed E-state index contributed by atoms with van der Waals surface area (Å²) in [4.78, 5) is 12.7. The summed E-state index contributed by atoms with van der Waals surface area (Å²) >= 11 is 0. The van der Waals surface area contributed by atoms with Gasteiger partial charge in [-0.2, -0.15) is 0 Å². The van der Waals surface area contributed by atoms with Crippen LogP contribution in [0.25, 0.3) is 0 Å². The number of carbonyl (C=O) groups excluding carboxylic acids is 1. The van der Waals surface area contributed by atoms with E-state index in [1.54, 1.807) is 0 Å². The molecule has 2 fully saturated rings. The third-order valence-electron chi connectivity index (χ3n) is 9.53. The van der Waals surface area contributed by atoms with E-state index >= 15 is 0 Å².